The number of aryl methyl sites for hydroxylation is 1. The fraction of sp³-hybridized carbons (Fsp3) is 0.417. The highest BCUT2D eigenvalue weighted by atomic mass is 15.1. The Morgan fingerprint density at radius 1 is 1.40 bits per heavy atom. The zero-order valence-corrected chi connectivity index (χ0v) is 9.03. The maximum Gasteiger partial charge on any atom is 0.193 e. The van der Waals surface area contributed by atoms with Gasteiger partial charge in [-0.25, -0.2) is 4.99 Å². The molecule has 1 fully saturated rings. The van der Waals surface area contributed by atoms with Gasteiger partial charge in [-0.2, -0.15) is 0 Å². The number of anilines is 1. The Hall–Kier alpha value is -1.51. The van der Waals surface area contributed by atoms with Crippen LogP contribution in [0.3, 0.4) is 0 Å². The van der Waals surface area contributed by atoms with Crippen LogP contribution >= 0.6 is 0 Å². The molecule has 1 saturated carbocycles. The van der Waals surface area contributed by atoms with Crippen LogP contribution in [0.5, 0.6) is 0 Å². The lowest BCUT2D eigenvalue weighted by molar-refractivity contribution is 1.06. The Labute approximate surface area is 90.4 Å². The fourth-order valence-corrected chi connectivity index (χ4v) is 1.40. The Balaban J connectivity index is 1.97. The van der Waals surface area contributed by atoms with Crippen molar-refractivity contribution in [3.05, 3.63) is 29.8 Å². The molecule has 15 heavy (non-hydrogen) atoms. The topological polar surface area (TPSA) is 50.4 Å². The predicted molar refractivity (Wildman–Crippen MR) is 64.1 cm³/mol. The molecule has 1 aliphatic carbocycles. The maximum absolute atomic E-state index is 5.76. The number of nitrogens with one attached hydrogen (secondary N) is 1. The van der Waals surface area contributed by atoms with E-state index in [1.807, 2.05) is 12.1 Å². The third-order valence-electron chi connectivity index (χ3n) is 2.50. The largest absolute Gasteiger partial charge is 0.370 e. The lowest BCUT2D eigenvalue weighted by atomic mass is 10.1. The van der Waals surface area contributed by atoms with Crippen molar-refractivity contribution in [1.29, 1.82) is 0 Å². The number of nitrogens with two attached hydrogens (primary N) is 1. The van der Waals surface area contributed by atoms with E-state index in [2.05, 4.69) is 29.4 Å². The smallest absolute Gasteiger partial charge is 0.193 e. The van der Waals surface area contributed by atoms with Crippen molar-refractivity contribution in [2.45, 2.75) is 32.2 Å². The number of benzene rings is 1. The summed E-state index contributed by atoms with van der Waals surface area (Å²) in [7, 11) is 0. The zero-order chi connectivity index (χ0) is 10.7. The van der Waals surface area contributed by atoms with Gasteiger partial charge < -0.3 is 11.1 Å². The predicted octanol–water partition coefficient (Wildman–Crippen LogP) is 2.14. The normalized spacial score (nSPS) is 16.5. The lowest BCUT2D eigenvalue weighted by Gasteiger charge is -2.05. The van der Waals surface area contributed by atoms with Gasteiger partial charge in [0.05, 0.1) is 6.04 Å². The van der Waals surface area contributed by atoms with Crippen molar-refractivity contribution in [3.63, 3.8) is 0 Å². The number of rotatable bonds is 3. The third-order valence-corrected chi connectivity index (χ3v) is 2.50. The standard InChI is InChI=1S/C12H17N3/c1-2-9-3-5-10(6-4-9)14-12(13)15-11-7-8-11/h3-6,11H,2,7-8H2,1H3,(H3,13,14,15). The number of aliphatic imine (C=N–C) groups is 1. The molecule has 0 heterocycles. The van der Waals surface area contributed by atoms with Gasteiger partial charge in [-0.15, -0.1) is 0 Å². The van der Waals surface area contributed by atoms with Gasteiger partial charge >= 0.3 is 0 Å². The molecule has 0 spiro atoms. The van der Waals surface area contributed by atoms with Crippen LogP contribution in [0.4, 0.5) is 5.69 Å². The maximum atomic E-state index is 5.76. The van der Waals surface area contributed by atoms with E-state index < -0.39 is 0 Å². The summed E-state index contributed by atoms with van der Waals surface area (Å²) in [5.74, 6) is 0.529. The molecule has 0 atom stereocenters. The first-order valence-corrected chi connectivity index (χ1v) is 5.47. The van der Waals surface area contributed by atoms with Crippen LogP contribution in [0.25, 0.3) is 0 Å². The summed E-state index contributed by atoms with van der Waals surface area (Å²) in [4.78, 5) is 4.31. The summed E-state index contributed by atoms with van der Waals surface area (Å²) in [5.41, 5.74) is 8.10. The minimum Gasteiger partial charge on any atom is -0.370 e. The van der Waals surface area contributed by atoms with E-state index in [1.165, 1.54) is 18.4 Å². The Morgan fingerprint density at radius 2 is 2.07 bits per heavy atom. The third kappa shape index (κ3) is 2.98. The molecule has 1 aliphatic rings. The van der Waals surface area contributed by atoms with E-state index in [1.54, 1.807) is 0 Å². The first-order valence-electron chi connectivity index (χ1n) is 5.47. The quantitative estimate of drug-likeness (QED) is 0.584. The van der Waals surface area contributed by atoms with Crippen LogP contribution in [0.1, 0.15) is 25.3 Å². The van der Waals surface area contributed by atoms with Gasteiger partial charge in [0.15, 0.2) is 5.96 Å². The second kappa shape index (κ2) is 4.34. The van der Waals surface area contributed by atoms with Crippen LogP contribution in [-0.4, -0.2) is 12.0 Å². The molecule has 0 amide bonds. The Morgan fingerprint density at radius 3 is 2.60 bits per heavy atom. The Kier molecular flexibility index (Phi) is 2.90. The van der Waals surface area contributed by atoms with E-state index in [9.17, 15) is 0 Å². The molecule has 80 valence electrons. The number of hydrogen-bond acceptors (Lipinski definition) is 1. The van der Waals surface area contributed by atoms with Gasteiger partial charge in [-0.1, -0.05) is 19.1 Å². The summed E-state index contributed by atoms with van der Waals surface area (Å²) in [5, 5.41) is 3.09. The molecule has 3 nitrogen and oxygen atoms in total. The summed E-state index contributed by atoms with van der Waals surface area (Å²) in [6.07, 6.45) is 3.42. The minimum atomic E-state index is 0.465. The second-order valence-corrected chi connectivity index (χ2v) is 3.92. The van der Waals surface area contributed by atoms with Gasteiger partial charge in [-0.3, -0.25) is 0 Å². The zero-order valence-electron chi connectivity index (χ0n) is 9.03. The van der Waals surface area contributed by atoms with Crippen molar-refractivity contribution >= 4 is 11.6 Å². The summed E-state index contributed by atoms with van der Waals surface area (Å²) >= 11 is 0. The monoisotopic (exact) mass is 203 g/mol. The van der Waals surface area contributed by atoms with Gasteiger partial charge in [0.1, 0.15) is 0 Å². The molecule has 0 unspecified atom stereocenters. The van der Waals surface area contributed by atoms with Gasteiger partial charge in [0.25, 0.3) is 0 Å². The minimum absolute atomic E-state index is 0.465. The molecular formula is C12H17N3. The van der Waals surface area contributed by atoms with Crippen molar-refractivity contribution < 1.29 is 0 Å². The van der Waals surface area contributed by atoms with Gasteiger partial charge in [0.2, 0.25) is 0 Å². The van der Waals surface area contributed by atoms with E-state index in [-0.39, 0.29) is 0 Å². The lowest BCUT2D eigenvalue weighted by Crippen LogP contribution is -2.22. The molecule has 1 aromatic rings. The van der Waals surface area contributed by atoms with Crippen molar-refractivity contribution in [1.82, 2.24) is 0 Å². The van der Waals surface area contributed by atoms with Crippen molar-refractivity contribution in [3.8, 4) is 0 Å². The molecule has 0 saturated heterocycles. The molecule has 0 aliphatic heterocycles. The van der Waals surface area contributed by atoms with Crippen LogP contribution in [0.15, 0.2) is 29.3 Å². The van der Waals surface area contributed by atoms with Crippen molar-refractivity contribution in [2.24, 2.45) is 10.7 Å². The molecular weight excluding hydrogens is 186 g/mol. The summed E-state index contributed by atoms with van der Waals surface area (Å²) in [6.45, 7) is 2.14. The fourth-order valence-electron chi connectivity index (χ4n) is 1.40. The highest BCUT2D eigenvalue weighted by Crippen LogP contribution is 2.23. The Bertz CT molecular complexity index is 350. The van der Waals surface area contributed by atoms with Crippen molar-refractivity contribution in [2.75, 3.05) is 5.32 Å². The number of hydrogen-bond donors (Lipinski definition) is 2. The summed E-state index contributed by atoms with van der Waals surface area (Å²) in [6, 6.07) is 8.74. The first kappa shape index (κ1) is 10.0. The van der Waals surface area contributed by atoms with E-state index in [4.69, 9.17) is 5.73 Å². The van der Waals surface area contributed by atoms with Gasteiger partial charge in [-0.05, 0) is 37.0 Å². The molecule has 0 bridgehead atoms. The average Bonchev–Trinajstić information content (AvgIpc) is 3.03. The molecule has 0 radical (unpaired) electrons. The highest BCUT2D eigenvalue weighted by Gasteiger charge is 2.20. The van der Waals surface area contributed by atoms with Crippen LogP contribution in [0.2, 0.25) is 0 Å². The molecule has 1 aromatic carbocycles. The average molecular weight is 203 g/mol. The van der Waals surface area contributed by atoms with Gasteiger partial charge in [0, 0.05) is 5.69 Å². The van der Waals surface area contributed by atoms with Crippen LogP contribution < -0.4 is 11.1 Å². The van der Waals surface area contributed by atoms with Crippen LogP contribution in [-0.2, 0) is 6.42 Å². The highest BCUT2D eigenvalue weighted by molar-refractivity contribution is 5.92. The molecule has 3 heteroatoms. The summed E-state index contributed by atoms with van der Waals surface area (Å²) < 4.78 is 0. The first-order chi connectivity index (χ1) is 7.28. The molecule has 2 rings (SSSR count). The van der Waals surface area contributed by atoms with E-state index in [0.29, 0.717) is 12.0 Å². The SMILES string of the molecule is CCc1ccc(NC(N)=NC2CC2)cc1. The number of guanidine groups is 1. The van der Waals surface area contributed by atoms with E-state index >= 15 is 0 Å². The van der Waals surface area contributed by atoms with E-state index in [0.717, 1.165) is 12.1 Å². The molecule has 0 aromatic heterocycles. The second-order valence-electron chi connectivity index (χ2n) is 3.92. The van der Waals surface area contributed by atoms with Crippen LogP contribution in [0, 0.1) is 0 Å². The number of nitrogens with zero attached hydrogens (tertiary/aromatic N) is 1. The molecule has 3 N–H and O–H groups in total.